The molecule has 20 heteroatoms. The van der Waals surface area contributed by atoms with E-state index in [1.807, 2.05) is 0 Å². The maximum Gasteiger partial charge on any atom is 0.513 e. The van der Waals surface area contributed by atoms with E-state index in [1.54, 1.807) is 0 Å². The summed E-state index contributed by atoms with van der Waals surface area (Å²) in [5.41, 5.74) is 0.551. The van der Waals surface area contributed by atoms with E-state index < -0.39 is 72.5 Å². The Morgan fingerprint density at radius 1 is 0.424 bits per heavy atom. The van der Waals surface area contributed by atoms with Crippen molar-refractivity contribution in [3.63, 3.8) is 0 Å². The second-order valence-corrected chi connectivity index (χ2v) is 13.5. The number of hydrogen-bond acceptors (Lipinski definition) is 20. The number of carbonyl (C=O) groups is 8. The van der Waals surface area contributed by atoms with Gasteiger partial charge in [-0.05, 0) is 97.1 Å². The largest absolute Gasteiger partial charge is 0.513 e. The lowest BCUT2D eigenvalue weighted by atomic mass is 10.1. The predicted octanol–water partition coefficient (Wildman–Crippen LogP) is 5.16. The van der Waals surface area contributed by atoms with Crippen molar-refractivity contribution in [1.82, 2.24) is 0 Å². The summed E-state index contributed by atoms with van der Waals surface area (Å²) in [7, 11) is 0. The maximum absolute atomic E-state index is 13.0. The molecule has 4 aromatic rings. The molecule has 0 N–H and O–H groups in total. The van der Waals surface area contributed by atoms with Crippen LogP contribution in [0.3, 0.4) is 0 Å². The van der Waals surface area contributed by atoms with Crippen molar-refractivity contribution in [2.24, 2.45) is 0 Å². The number of ether oxygens (including phenoxy) is 12. The Morgan fingerprint density at radius 3 is 1.03 bits per heavy atom. The molecular formula is C46H38O20. The summed E-state index contributed by atoms with van der Waals surface area (Å²) in [6, 6.07) is 22.0. The van der Waals surface area contributed by atoms with Crippen molar-refractivity contribution in [3.8, 4) is 23.0 Å². The third-order valence-corrected chi connectivity index (χ3v) is 9.09. The van der Waals surface area contributed by atoms with Crippen molar-refractivity contribution in [1.29, 1.82) is 0 Å². The molecule has 0 bridgehead atoms. The minimum atomic E-state index is -1.05. The average Bonchev–Trinajstić information content (AvgIpc) is 3.92. The summed E-state index contributed by atoms with van der Waals surface area (Å²) in [5.74, 6) is -3.79. The molecule has 0 aliphatic carbocycles. The Bertz CT molecular complexity index is 2250. The number of hydrogen-bond donors (Lipinski definition) is 0. The summed E-state index contributed by atoms with van der Waals surface area (Å²) in [6.45, 7) is 5.61. The third kappa shape index (κ3) is 13.3. The molecule has 1 unspecified atom stereocenters. The highest BCUT2D eigenvalue weighted by atomic mass is 16.7. The topological polar surface area (TPSA) is 247 Å². The minimum Gasteiger partial charge on any atom is -0.459 e. The summed E-state index contributed by atoms with van der Waals surface area (Å²) >= 11 is 0. The van der Waals surface area contributed by atoms with E-state index >= 15 is 0 Å². The minimum absolute atomic E-state index is 0.0258. The Balaban J connectivity index is 0.900. The van der Waals surface area contributed by atoms with Gasteiger partial charge in [-0.25, -0.2) is 38.4 Å². The molecule has 342 valence electrons. The van der Waals surface area contributed by atoms with Gasteiger partial charge in [-0.2, -0.15) is 0 Å². The number of rotatable bonds is 18. The summed E-state index contributed by atoms with van der Waals surface area (Å²) in [4.78, 5) is 97.1. The molecule has 2 aliphatic rings. The smallest absolute Gasteiger partial charge is 0.459 e. The van der Waals surface area contributed by atoms with Crippen molar-refractivity contribution in [3.05, 3.63) is 145 Å². The van der Waals surface area contributed by atoms with Gasteiger partial charge in [0.05, 0.1) is 35.5 Å². The molecule has 4 atom stereocenters. The fraction of sp³-hybridized carbons (Fsp3) is 0.217. The average molecular weight is 911 g/mol. The van der Waals surface area contributed by atoms with Crippen molar-refractivity contribution in [2.45, 2.75) is 24.4 Å². The molecule has 66 heavy (non-hydrogen) atoms. The lowest BCUT2D eigenvalue weighted by Gasteiger charge is -2.17. The lowest BCUT2D eigenvalue weighted by molar-refractivity contribution is -0.139. The van der Waals surface area contributed by atoms with Gasteiger partial charge in [-0.3, -0.25) is 0 Å². The zero-order valence-electron chi connectivity index (χ0n) is 34.5. The van der Waals surface area contributed by atoms with Crippen LogP contribution in [-0.4, -0.2) is 112 Å². The van der Waals surface area contributed by atoms with Gasteiger partial charge in [-0.1, -0.05) is 13.2 Å². The van der Waals surface area contributed by atoms with Crippen LogP contribution < -0.4 is 18.9 Å². The monoisotopic (exact) mass is 910 g/mol. The van der Waals surface area contributed by atoms with Crippen molar-refractivity contribution >= 4 is 48.1 Å². The Labute approximate surface area is 374 Å². The number of carbonyl (C=O) groups excluding carboxylic acids is 8. The van der Waals surface area contributed by atoms with Crippen LogP contribution in [0.1, 0.15) is 41.4 Å². The zero-order valence-corrected chi connectivity index (χ0v) is 34.5. The van der Waals surface area contributed by atoms with Gasteiger partial charge in [0.25, 0.3) is 0 Å². The van der Waals surface area contributed by atoms with E-state index in [0.717, 1.165) is 12.2 Å². The molecule has 0 aromatic heterocycles. The fourth-order valence-electron chi connectivity index (χ4n) is 5.91. The van der Waals surface area contributed by atoms with E-state index in [-0.39, 0.29) is 84.9 Å². The van der Waals surface area contributed by atoms with Crippen LogP contribution in [0.2, 0.25) is 0 Å². The SMILES string of the molecule is C=CC(=O)OCCOC(=O)Oc1ccc(C(=O)Oc2ccc(C(=O)OC3CO[C@H]4[C@H](OC(=O)c5ccc(OC(=O)c6ccc(OC(=O)OCCOC(=O)C=C)cc6)cc5)CO[C@@H]34)cc2)cc1. The molecule has 0 saturated carbocycles. The fourth-order valence-corrected chi connectivity index (χ4v) is 5.91. The van der Waals surface area contributed by atoms with Gasteiger partial charge in [0.15, 0.2) is 12.2 Å². The molecule has 0 radical (unpaired) electrons. The second-order valence-electron chi connectivity index (χ2n) is 13.5. The normalized spacial score (nSPS) is 16.8. The van der Waals surface area contributed by atoms with Crippen LogP contribution in [-0.2, 0) is 47.5 Å². The highest BCUT2D eigenvalue weighted by Gasteiger charge is 2.51. The van der Waals surface area contributed by atoms with E-state index in [2.05, 4.69) is 22.6 Å². The molecule has 2 saturated heterocycles. The first-order valence-corrected chi connectivity index (χ1v) is 19.7. The summed E-state index contributed by atoms with van der Waals surface area (Å²) in [5, 5.41) is 0. The summed E-state index contributed by atoms with van der Waals surface area (Å²) in [6.07, 6.45) is -3.24. The molecule has 0 spiro atoms. The van der Waals surface area contributed by atoms with Crippen LogP contribution in [0, 0.1) is 0 Å². The Kier molecular flexibility index (Phi) is 16.3. The van der Waals surface area contributed by atoms with Gasteiger partial charge in [0.2, 0.25) is 0 Å². The molecular weight excluding hydrogens is 872 g/mol. The van der Waals surface area contributed by atoms with Crippen LogP contribution in [0.5, 0.6) is 23.0 Å². The van der Waals surface area contributed by atoms with E-state index in [9.17, 15) is 38.4 Å². The number of fused-ring (bicyclic) bond motifs is 1. The van der Waals surface area contributed by atoms with Crippen LogP contribution in [0.15, 0.2) is 122 Å². The molecule has 2 aliphatic heterocycles. The predicted molar refractivity (Wildman–Crippen MR) is 220 cm³/mol. The molecule has 4 aromatic carbocycles. The van der Waals surface area contributed by atoms with Gasteiger partial charge >= 0.3 is 48.1 Å². The molecule has 2 heterocycles. The van der Waals surface area contributed by atoms with E-state index in [0.29, 0.717) is 0 Å². The van der Waals surface area contributed by atoms with Crippen molar-refractivity contribution < 1.29 is 95.2 Å². The third-order valence-electron chi connectivity index (χ3n) is 9.09. The Hall–Kier alpha value is -8.36. The maximum atomic E-state index is 13.0. The molecule has 0 amide bonds. The first kappa shape index (κ1) is 47.1. The second kappa shape index (κ2) is 22.8. The van der Waals surface area contributed by atoms with E-state index in [4.69, 9.17) is 47.4 Å². The Morgan fingerprint density at radius 2 is 0.712 bits per heavy atom. The van der Waals surface area contributed by atoms with Crippen LogP contribution >= 0.6 is 0 Å². The van der Waals surface area contributed by atoms with Gasteiger partial charge in [0.1, 0.15) is 61.6 Å². The highest BCUT2D eigenvalue weighted by molar-refractivity contribution is 5.93. The van der Waals surface area contributed by atoms with Gasteiger partial charge in [-0.15, -0.1) is 0 Å². The molecule has 2 fully saturated rings. The lowest BCUT2D eigenvalue weighted by Crippen LogP contribution is -2.36. The van der Waals surface area contributed by atoms with E-state index in [1.165, 1.54) is 97.1 Å². The molecule has 20 nitrogen and oxygen atoms in total. The zero-order chi connectivity index (χ0) is 47.0. The summed E-state index contributed by atoms with van der Waals surface area (Å²) < 4.78 is 62.7. The standard InChI is InChI=1S/C46H38O20/c1-3-37(47)55-21-23-57-45(53)63-33-17-9-27(10-18-33)41(49)61-31-13-5-29(6-14-31)43(51)65-35-25-59-40-36(26-60-39(35)40)66-44(52)30-7-15-32(16-8-30)62-42(50)28-11-19-34(20-12-28)64-46(54)58-24-22-56-38(48)4-2/h3-20,35-36,39-40H,1-2,21-26H2/t35-,36?,39+,40+/m1/s1. The number of esters is 6. The highest BCUT2D eigenvalue weighted by Crippen LogP contribution is 2.32. The van der Waals surface area contributed by atoms with Gasteiger partial charge in [0, 0.05) is 12.2 Å². The van der Waals surface area contributed by atoms with Gasteiger partial charge < -0.3 is 56.8 Å². The first-order valence-electron chi connectivity index (χ1n) is 19.7. The van der Waals surface area contributed by atoms with Crippen LogP contribution in [0.25, 0.3) is 0 Å². The van der Waals surface area contributed by atoms with Crippen molar-refractivity contribution in [2.75, 3.05) is 39.6 Å². The number of benzene rings is 4. The quantitative estimate of drug-likeness (QED) is 0.0312. The first-order chi connectivity index (χ1) is 31.9. The molecule has 6 rings (SSSR count). The van der Waals surface area contributed by atoms with Crippen LogP contribution in [0.4, 0.5) is 9.59 Å².